The molecule has 0 atom stereocenters. The molecule has 0 saturated heterocycles. The van der Waals surface area contributed by atoms with E-state index in [1.165, 1.54) is 21.8 Å². The molecule has 25 heavy (non-hydrogen) atoms. The number of aryl methyl sites for hydroxylation is 2. The van der Waals surface area contributed by atoms with Gasteiger partial charge >= 0.3 is 5.97 Å². The van der Waals surface area contributed by atoms with Crippen LogP contribution < -0.4 is 14.8 Å². The molecule has 1 aliphatic heterocycles. The van der Waals surface area contributed by atoms with Gasteiger partial charge in [-0.1, -0.05) is 0 Å². The van der Waals surface area contributed by atoms with Gasteiger partial charge in [-0.15, -0.1) is 11.3 Å². The van der Waals surface area contributed by atoms with Gasteiger partial charge in [0.05, 0.1) is 0 Å². The van der Waals surface area contributed by atoms with E-state index >= 15 is 0 Å². The molecule has 2 aromatic rings. The zero-order valence-corrected chi connectivity index (χ0v) is 14.3. The summed E-state index contributed by atoms with van der Waals surface area (Å²) in [5, 5.41) is 2.69. The second-order valence-electron chi connectivity index (χ2n) is 5.90. The fourth-order valence-electron chi connectivity index (χ4n) is 2.95. The molecule has 0 bridgehead atoms. The Morgan fingerprint density at radius 2 is 1.96 bits per heavy atom. The standard InChI is InChI=1S/C18H17NO5S/c20-17(19-12-4-5-13-14(9-12)23-7-6-22-13)10-24-18(21)16-8-11-2-1-3-15(11)25-16/h4-5,8-9H,1-3,6-7,10H2,(H,19,20). The van der Waals surface area contributed by atoms with E-state index in [1.807, 2.05) is 6.07 Å². The van der Waals surface area contributed by atoms with E-state index in [0.717, 1.165) is 19.3 Å². The number of rotatable bonds is 4. The summed E-state index contributed by atoms with van der Waals surface area (Å²) >= 11 is 1.46. The van der Waals surface area contributed by atoms with Crippen LogP contribution in [0.25, 0.3) is 0 Å². The van der Waals surface area contributed by atoms with Gasteiger partial charge < -0.3 is 19.5 Å². The summed E-state index contributed by atoms with van der Waals surface area (Å²) in [5.74, 6) is 0.404. The first-order valence-corrected chi connectivity index (χ1v) is 8.99. The van der Waals surface area contributed by atoms with E-state index in [-0.39, 0.29) is 6.61 Å². The number of anilines is 1. The van der Waals surface area contributed by atoms with E-state index in [2.05, 4.69) is 5.32 Å². The van der Waals surface area contributed by atoms with Crippen molar-refractivity contribution in [2.45, 2.75) is 19.3 Å². The molecule has 1 N–H and O–H groups in total. The summed E-state index contributed by atoms with van der Waals surface area (Å²) in [6.07, 6.45) is 3.19. The molecule has 2 heterocycles. The lowest BCUT2D eigenvalue weighted by Crippen LogP contribution is -2.21. The molecule has 2 aliphatic rings. The second kappa shape index (κ2) is 6.76. The van der Waals surface area contributed by atoms with E-state index < -0.39 is 11.9 Å². The summed E-state index contributed by atoms with van der Waals surface area (Å²) in [6.45, 7) is 0.670. The lowest BCUT2D eigenvalue weighted by atomic mass is 10.2. The van der Waals surface area contributed by atoms with Crippen LogP contribution in [0.1, 0.15) is 26.5 Å². The molecule has 6 nitrogen and oxygen atoms in total. The lowest BCUT2D eigenvalue weighted by molar-refractivity contribution is -0.119. The van der Waals surface area contributed by atoms with Crippen molar-refractivity contribution < 1.29 is 23.8 Å². The number of hydrogen-bond donors (Lipinski definition) is 1. The normalized spacial score (nSPS) is 14.7. The molecule has 1 aliphatic carbocycles. The highest BCUT2D eigenvalue weighted by atomic mass is 32.1. The molecule has 0 saturated carbocycles. The van der Waals surface area contributed by atoms with Crippen LogP contribution in [-0.4, -0.2) is 31.7 Å². The fourth-order valence-corrected chi connectivity index (χ4v) is 4.10. The molecule has 4 rings (SSSR count). The van der Waals surface area contributed by atoms with Gasteiger partial charge in [0.1, 0.15) is 18.1 Å². The van der Waals surface area contributed by atoms with Gasteiger partial charge in [-0.2, -0.15) is 0 Å². The molecule has 1 amide bonds. The number of thiophene rings is 1. The smallest absolute Gasteiger partial charge is 0.348 e. The van der Waals surface area contributed by atoms with Gasteiger partial charge in [-0.05, 0) is 43.0 Å². The number of carbonyl (C=O) groups excluding carboxylic acids is 2. The largest absolute Gasteiger partial charge is 0.486 e. The summed E-state index contributed by atoms with van der Waals surface area (Å²) in [6, 6.07) is 7.03. The Balaban J connectivity index is 1.32. The topological polar surface area (TPSA) is 73.9 Å². The average Bonchev–Trinajstić information content (AvgIpc) is 3.21. The monoisotopic (exact) mass is 359 g/mol. The third-order valence-electron chi connectivity index (χ3n) is 4.11. The fraction of sp³-hybridized carbons (Fsp3) is 0.333. The summed E-state index contributed by atoms with van der Waals surface area (Å²) < 4.78 is 16.0. The van der Waals surface area contributed by atoms with Gasteiger partial charge in [0, 0.05) is 16.6 Å². The molecule has 130 valence electrons. The number of ether oxygens (including phenoxy) is 3. The Labute approximate surface area is 148 Å². The number of nitrogens with one attached hydrogen (secondary N) is 1. The van der Waals surface area contributed by atoms with Gasteiger partial charge in [-0.3, -0.25) is 4.79 Å². The Hall–Kier alpha value is -2.54. The molecular formula is C18H17NO5S. The molecule has 0 unspecified atom stereocenters. The number of carbonyl (C=O) groups is 2. The lowest BCUT2D eigenvalue weighted by Gasteiger charge is -2.18. The minimum atomic E-state index is -0.447. The number of amides is 1. The number of hydrogen-bond acceptors (Lipinski definition) is 6. The highest BCUT2D eigenvalue weighted by Gasteiger charge is 2.20. The SMILES string of the molecule is O=C(COC(=O)c1cc2c(s1)CCC2)Nc1ccc2c(c1)OCCO2. The first-order chi connectivity index (χ1) is 12.2. The van der Waals surface area contributed by atoms with Gasteiger partial charge in [-0.25, -0.2) is 4.79 Å². The molecular weight excluding hydrogens is 342 g/mol. The zero-order chi connectivity index (χ0) is 17.2. The van der Waals surface area contributed by atoms with Crippen LogP contribution in [0.4, 0.5) is 5.69 Å². The predicted molar refractivity (Wildman–Crippen MR) is 92.7 cm³/mol. The number of esters is 1. The van der Waals surface area contributed by atoms with Crippen molar-refractivity contribution >= 4 is 28.9 Å². The van der Waals surface area contributed by atoms with Crippen molar-refractivity contribution in [1.29, 1.82) is 0 Å². The van der Waals surface area contributed by atoms with Crippen LogP contribution in [0.15, 0.2) is 24.3 Å². The summed E-state index contributed by atoms with van der Waals surface area (Å²) in [4.78, 5) is 25.9. The van der Waals surface area contributed by atoms with Crippen LogP contribution >= 0.6 is 11.3 Å². The van der Waals surface area contributed by atoms with Crippen molar-refractivity contribution in [3.05, 3.63) is 39.6 Å². The van der Waals surface area contributed by atoms with Crippen molar-refractivity contribution in [3.63, 3.8) is 0 Å². The van der Waals surface area contributed by atoms with Crippen molar-refractivity contribution in [2.75, 3.05) is 25.1 Å². The minimum Gasteiger partial charge on any atom is -0.486 e. The third-order valence-corrected chi connectivity index (χ3v) is 5.33. The molecule has 0 radical (unpaired) electrons. The van der Waals surface area contributed by atoms with Crippen LogP contribution in [-0.2, 0) is 22.4 Å². The van der Waals surface area contributed by atoms with Crippen LogP contribution in [0.3, 0.4) is 0 Å². The Kier molecular flexibility index (Phi) is 4.31. The minimum absolute atomic E-state index is 0.324. The predicted octanol–water partition coefficient (Wildman–Crippen LogP) is 2.80. The molecule has 1 aromatic carbocycles. The third kappa shape index (κ3) is 3.46. The molecule has 0 fully saturated rings. The summed E-state index contributed by atoms with van der Waals surface area (Å²) in [5.41, 5.74) is 1.80. The maximum absolute atomic E-state index is 12.1. The first kappa shape index (κ1) is 16.0. The van der Waals surface area contributed by atoms with Crippen molar-refractivity contribution in [2.24, 2.45) is 0 Å². The van der Waals surface area contributed by atoms with E-state index in [0.29, 0.717) is 35.3 Å². The highest BCUT2D eigenvalue weighted by molar-refractivity contribution is 7.14. The number of fused-ring (bicyclic) bond motifs is 2. The first-order valence-electron chi connectivity index (χ1n) is 8.17. The highest BCUT2D eigenvalue weighted by Crippen LogP contribution is 2.33. The van der Waals surface area contributed by atoms with Crippen LogP contribution in [0.2, 0.25) is 0 Å². The number of benzene rings is 1. The maximum atomic E-state index is 12.1. The molecule has 1 aromatic heterocycles. The van der Waals surface area contributed by atoms with Gasteiger partial charge in [0.25, 0.3) is 5.91 Å². The van der Waals surface area contributed by atoms with Crippen LogP contribution in [0.5, 0.6) is 11.5 Å². The maximum Gasteiger partial charge on any atom is 0.348 e. The Morgan fingerprint density at radius 1 is 1.12 bits per heavy atom. The quantitative estimate of drug-likeness (QED) is 0.850. The molecule has 0 spiro atoms. The van der Waals surface area contributed by atoms with Gasteiger partial charge in [0.2, 0.25) is 0 Å². The van der Waals surface area contributed by atoms with E-state index in [9.17, 15) is 9.59 Å². The van der Waals surface area contributed by atoms with Crippen LogP contribution in [0, 0.1) is 0 Å². The Bertz CT molecular complexity index is 807. The second-order valence-corrected chi connectivity index (χ2v) is 7.03. The average molecular weight is 359 g/mol. The van der Waals surface area contributed by atoms with E-state index in [4.69, 9.17) is 14.2 Å². The van der Waals surface area contributed by atoms with Crippen molar-refractivity contribution in [3.8, 4) is 11.5 Å². The Morgan fingerprint density at radius 3 is 2.80 bits per heavy atom. The summed E-state index contributed by atoms with van der Waals surface area (Å²) in [7, 11) is 0. The molecule has 7 heteroatoms. The van der Waals surface area contributed by atoms with E-state index in [1.54, 1.807) is 18.2 Å². The van der Waals surface area contributed by atoms with Crippen molar-refractivity contribution in [1.82, 2.24) is 0 Å². The zero-order valence-electron chi connectivity index (χ0n) is 13.5. The van der Waals surface area contributed by atoms with Gasteiger partial charge in [0.15, 0.2) is 18.1 Å².